The van der Waals surface area contributed by atoms with Gasteiger partial charge in [-0.15, -0.1) is 0 Å². The van der Waals surface area contributed by atoms with Gasteiger partial charge in [-0.05, 0) is 74.9 Å². The minimum absolute atomic E-state index is 0.0638. The molecule has 4 aromatic rings. The first-order valence-corrected chi connectivity index (χ1v) is 18.0. The summed E-state index contributed by atoms with van der Waals surface area (Å²) in [5.41, 5.74) is 3.84. The summed E-state index contributed by atoms with van der Waals surface area (Å²) in [7, 11) is 0. The molecular formula is C38H40ClN9O2. The maximum Gasteiger partial charge on any atom is 0.318 e. The van der Waals surface area contributed by atoms with Gasteiger partial charge < -0.3 is 19.4 Å². The van der Waals surface area contributed by atoms with Crippen LogP contribution in [0.2, 0.25) is 5.02 Å². The SMILES string of the molecule is N#CC[C@H]1CN(c2nc(OCC34CCCN3CCC4)nc3c2CCN(c2cccc4cccc(Cl)c24)C3)CCN1C(=O)/C=C/c1ccncn1. The van der Waals surface area contributed by atoms with Gasteiger partial charge in [0.15, 0.2) is 0 Å². The normalized spacial score (nSPS) is 20.2. The molecule has 0 unspecified atom stereocenters. The average Bonchev–Trinajstić information content (AvgIpc) is 3.74. The third-order valence-electron chi connectivity index (χ3n) is 10.9. The standard InChI is InChI=1S/C38H40ClN9O2/c39-31-7-1-5-27-6-2-8-33(35(27)31)45-20-13-30-32(24-45)43-37(50-25-38-14-3-18-47(38)19-4-15-38)44-36(30)46-21-22-48(29(23-46)11-16-40)34(49)10-9-28-12-17-41-26-42-28/h1-2,5-10,12,17,26,29H,3-4,11,13-15,18-25H2/b10-9+/t29-/m0/s1. The highest BCUT2D eigenvalue weighted by atomic mass is 35.5. The molecule has 1 atom stereocenters. The van der Waals surface area contributed by atoms with Crippen molar-refractivity contribution in [1.82, 2.24) is 29.7 Å². The third kappa shape index (κ3) is 6.22. The van der Waals surface area contributed by atoms with E-state index in [9.17, 15) is 10.1 Å². The summed E-state index contributed by atoms with van der Waals surface area (Å²) in [6.45, 7) is 5.73. The zero-order valence-corrected chi connectivity index (χ0v) is 28.8. The summed E-state index contributed by atoms with van der Waals surface area (Å²) in [6.07, 6.45) is 11.9. The van der Waals surface area contributed by atoms with Crippen LogP contribution in [-0.2, 0) is 17.8 Å². The molecule has 256 valence electrons. The van der Waals surface area contributed by atoms with Crippen molar-refractivity contribution in [2.24, 2.45) is 0 Å². The van der Waals surface area contributed by atoms with Crippen molar-refractivity contribution in [3.63, 3.8) is 0 Å². The number of nitrogens with zero attached hydrogens (tertiary/aromatic N) is 9. The van der Waals surface area contributed by atoms with Gasteiger partial charge in [0.05, 0.1) is 47.0 Å². The Balaban J connectivity index is 1.09. The topological polar surface area (TPSA) is 115 Å². The number of rotatable bonds is 8. The van der Waals surface area contributed by atoms with Crippen molar-refractivity contribution in [1.29, 1.82) is 5.26 Å². The molecule has 4 aliphatic heterocycles. The van der Waals surface area contributed by atoms with Gasteiger partial charge in [-0.25, -0.2) is 9.97 Å². The Morgan fingerprint density at radius 2 is 1.88 bits per heavy atom. The second-order valence-electron chi connectivity index (χ2n) is 13.7. The van der Waals surface area contributed by atoms with Gasteiger partial charge in [0.1, 0.15) is 18.8 Å². The molecule has 0 radical (unpaired) electrons. The largest absolute Gasteiger partial charge is 0.461 e. The smallest absolute Gasteiger partial charge is 0.318 e. The summed E-state index contributed by atoms with van der Waals surface area (Å²) in [5.74, 6) is 0.706. The first kappa shape index (κ1) is 32.4. The van der Waals surface area contributed by atoms with Gasteiger partial charge in [0, 0.05) is 55.1 Å². The number of fused-ring (bicyclic) bond motifs is 3. The van der Waals surface area contributed by atoms with Crippen molar-refractivity contribution >= 4 is 45.9 Å². The van der Waals surface area contributed by atoms with E-state index in [-0.39, 0.29) is 23.9 Å². The van der Waals surface area contributed by atoms with Crippen molar-refractivity contribution in [3.05, 3.63) is 83.0 Å². The predicted molar refractivity (Wildman–Crippen MR) is 193 cm³/mol. The van der Waals surface area contributed by atoms with Crippen LogP contribution in [0.25, 0.3) is 16.8 Å². The van der Waals surface area contributed by atoms with E-state index < -0.39 is 0 Å². The first-order valence-electron chi connectivity index (χ1n) is 17.6. The molecule has 50 heavy (non-hydrogen) atoms. The molecule has 2 aromatic heterocycles. The van der Waals surface area contributed by atoms with Gasteiger partial charge in [-0.1, -0.05) is 35.9 Å². The molecule has 3 fully saturated rings. The number of anilines is 2. The van der Waals surface area contributed by atoms with E-state index in [0.717, 1.165) is 77.5 Å². The van der Waals surface area contributed by atoms with Crippen LogP contribution in [0.3, 0.4) is 0 Å². The van der Waals surface area contributed by atoms with Crippen LogP contribution in [0.1, 0.15) is 49.1 Å². The van der Waals surface area contributed by atoms with Crippen LogP contribution < -0.4 is 14.5 Å². The second kappa shape index (κ2) is 13.8. The number of amides is 1. The fourth-order valence-corrected chi connectivity index (χ4v) is 8.67. The molecule has 12 heteroatoms. The van der Waals surface area contributed by atoms with E-state index in [1.54, 1.807) is 23.2 Å². The highest BCUT2D eigenvalue weighted by molar-refractivity contribution is 6.36. The number of ether oxygens (including phenoxy) is 1. The van der Waals surface area contributed by atoms with Crippen LogP contribution in [0, 0.1) is 11.3 Å². The predicted octanol–water partition coefficient (Wildman–Crippen LogP) is 5.29. The Morgan fingerprint density at radius 3 is 2.68 bits per heavy atom. The van der Waals surface area contributed by atoms with Crippen LogP contribution >= 0.6 is 11.6 Å². The number of carbonyl (C=O) groups is 1. The van der Waals surface area contributed by atoms with E-state index in [4.69, 9.17) is 26.3 Å². The Bertz CT molecular complexity index is 1950. The van der Waals surface area contributed by atoms with Gasteiger partial charge in [0.2, 0.25) is 5.91 Å². The zero-order chi connectivity index (χ0) is 34.1. The lowest BCUT2D eigenvalue weighted by Gasteiger charge is -2.42. The van der Waals surface area contributed by atoms with Crippen LogP contribution in [0.4, 0.5) is 11.5 Å². The Labute approximate surface area is 297 Å². The van der Waals surface area contributed by atoms with Gasteiger partial charge in [-0.2, -0.15) is 15.2 Å². The van der Waals surface area contributed by atoms with Crippen molar-refractivity contribution in [2.45, 2.75) is 56.7 Å². The summed E-state index contributed by atoms with van der Waals surface area (Å²) >= 11 is 6.76. The van der Waals surface area contributed by atoms with Crippen molar-refractivity contribution in [3.8, 4) is 12.1 Å². The van der Waals surface area contributed by atoms with Crippen LogP contribution in [-0.4, -0.2) is 93.1 Å². The molecule has 0 spiro atoms. The lowest BCUT2D eigenvalue weighted by Crippen LogP contribution is -2.55. The summed E-state index contributed by atoms with van der Waals surface area (Å²) in [5, 5.41) is 12.7. The molecule has 0 bridgehead atoms. The monoisotopic (exact) mass is 689 g/mol. The highest BCUT2D eigenvalue weighted by Gasteiger charge is 2.45. The van der Waals surface area contributed by atoms with Crippen LogP contribution in [0.15, 0.2) is 61.1 Å². The number of piperazine rings is 1. The maximum absolute atomic E-state index is 13.4. The molecule has 3 saturated heterocycles. The third-order valence-corrected chi connectivity index (χ3v) is 11.2. The van der Waals surface area contributed by atoms with Gasteiger partial charge in [0.25, 0.3) is 0 Å². The van der Waals surface area contributed by atoms with Gasteiger partial charge >= 0.3 is 6.01 Å². The van der Waals surface area contributed by atoms with E-state index in [2.05, 4.69) is 55.0 Å². The van der Waals surface area contributed by atoms with Crippen molar-refractivity contribution < 1.29 is 9.53 Å². The van der Waals surface area contributed by atoms with Crippen molar-refractivity contribution in [2.75, 3.05) is 55.7 Å². The number of benzene rings is 2. The maximum atomic E-state index is 13.4. The molecular weight excluding hydrogens is 650 g/mol. The second-order valence-corrected chi connectivity index (χ2v) is 14.1. The Hall–Kier alpha value is -4.79. The number of carbonyl (C=O) groups excluding carboxylic acids is 1. The van der Waals surface area contributed by atoms with E-state index in [0.29, 0.717) is 44.5 Å². The lowest BCUT2D eigenvalue weighted by atomic mass is 9.95. The quantitative estimate of drug-likeness (QED) is 0.226. The molecule has 2 aromatic carbocycles. The molecule has 1 amide bonds. The van der Waals surface area contributed by atoms with Crippen LogP contribution in [0.5, 0.6) is 6.01 Å². The average molecular weight is 690 g/mol. The molecule has 0 aliphatic carbocycles. The Kier molecular flexibility index (Phi) is 8.98. The number of halogens is 1. The minimum atomic E-state index is -0.298. The number of aromatic nitrogens is 4. The zero-order valence-electron chi connectivity index (χ0n) is 28.0. The van der Waals surface area contributed by atoms with E-state index >= 15 is 0 Å². The fourth-order valence-electron chi connectivity index (χ4n) is 8.39. The first-order chi connectivity index (χ1) is 24.5. The molecule has 11 nitrogen and oxygen atoms in total. The highest BCUT2D eigenvalue weighted by Crippen LogP contribution is 2.40. The minimum Gasteiger partial charge on any atom is -0.461 e. The lowest BCUT2D eigenvalue weighted by molar-refractivity contribution is -0.128. The Morgan fingerprint density at radius 1 is 1.04 bits per heavy atom. The van der Waals surface area contributed by atoms with E-state index in [1.165, 1.54) is 25.2 Å². The van der Waals surface area contributed by atoms with Gasteiger partial charge in [-0.3, -0.25) is 9.69 Å². The summed E-state index contributed by atoms with van der Waals surface area (Å²) in [6, 6.07) is 16.5. The molecule has 6 heterocycles. The summed E-state index contributed by atoms with van der Waals surface area (Å²) < 4.78 is 6.56. The molecule has 0 saturated carbocycles. The summed E-state index contributed by atoms with van der Waals surface area (Å²) in [4.78, 5) is 40.6. The number of hydrogen-bond acceptors (Lipinski definition) is 10. The molecule has 8 rings (SSSR count). The molecule has 0 N–H and O–H groups in total. The number of nitriles is 1. The van der Waals surface area contributed by atoms with E-state index in [1.807, 2.05) is 12.1 Å². The fraction of sp³-hybridized carbons (Fsp3) is 0.421. The molecule has 4 aliphatic rings. The number of hydrogen-bond donors (Lipinski definition) is 0.